The molecule has 9 nitrogen and oxygen atoms in total. The normalized spacial score (nSPS) is 25.0. The molecule has 1 aromatic rings. The molecule has 2 saturated heterocycles. The standard InChI is InChI=1S/C20H24N2O7S/c1-12(23)30-16(9-13-5-3-2-4-6-13)18(24)21-14-7-8-29-17-11-28-10-15(20(26)27)22(17)19(14)25/h2-6,14-17H,7-11H2,1H3,(H,21,24)(H,26,27). The average Bonchev–Trinajstić information content (AvgIpc) is 2.87. The first-order chi connectivity index (χ1) is 14.4. The molecule has 30 heavy (non-hydrogen) atoms. The molecule has 0 aliphatic carbocycles. The van der Waals surface area contributed by atoms with Gasteiger partial charge in [-0.05, 0) is 12.0 Å². The van der Waals surface area contributed by atoms with E-state index in [1.54, 1.807) is 0 Å². The number of carbonyl (C=O) groups excluding carboxylic acids is 3. The van der Waals surface area contributed by atoms with Gasteiger partial charge in [0.1, 0.15) is 6.04 Å². The van der Waals surface area contributed by atoms with Gasteiger partial charge in [0.15, 0.2) is 17.4 Å². The minimum Gasteiger partial charge on any atom is -0.480 e. The molecule has 0 radical (unpaired) electrons. The Bertz CT molecular complexity index is 804. The lowest BCUT2D eigenvalue weighted by molar-refractivity contribution is -0.187. The predicted octanol–water partition coefficient (Wildman–Crippen LogP) is 0.421. The lowest BCUT2D eigenvalue weighted by atomic mass is 10.1. The zero-order valence-electron chi connectivity index (χ0n) is 16.5. The summed E-state index contributed by atoms with van der Waals surface area (Å²) in [7, 11) is 0. The molecule has 0 saturated carbocycles. The molecule has 1 aromatic carbocycles. The predicted molar refractivity (Wildman–Crippen MR) is 108 cm³/mol. The summed E-state index contributed by atoms with van der Waals surface area (Å²) < 4.78 is 10.8. The molecular formula is C20H24N2O7S. The van der Waals surface area contributed by atoms with Crippen LogP contribution in [0.15, 0.2) is 30.3 Å². The van der Waals surface area contributed by atoms with Crippen LogP contribution in [0, 0.1) is 0 Å². The van der Waals surface area contributed by atoms with E-state index in [4.69, 9.17) is 9.47 Å². The molecule has 0 bridgehead atoms. The third-order valence-corrected chi connectivity index (χ3v) is 5.91. The maximum absolute atomic E-state index is 13.1. The number of fused-ring (bicyclic) bond motifs is 1. The van der Waals surface area contributed by atoms with Gasteiger partial charge in [-0.25, -0.2) is 4.79 Å². The van der Waals surface area contributed by atoms with Crippen molar-refractivity contribution in [2.24, 2.45) is 0 Å². The van der Waals surface area contributed by atoms with Crippen LogP contribution in [0.3, 0.4) is 0 Å². The lowest BCUT2D eigenvalue weighted by Gasteiger charge is -2.39. The van der Waals surface area contributed by atoms with Crippen LogP contribution in [0.1, 0.15) is 18.9 Å². The van der Waals surface area contributed by atoms with Crippen molar-refractivity contribution in [2.75, 3.05) is 19.8 Å². The molecule has 2 aliphatic heterocycles. The Kier molecular flexibility index (Phi) is 7.46. The van der Waals surface area contributed by atoms with E-state index in [1.165, 1.54) is 6.92 Å². The second-order valence-corrected chi connectivity index (χ2v) is 8.48. The Morgan fingerprint density at radius 3 is 2.67 bits per heavy atom. The zero-order chi connectivity index (χ0) is 21.7. The summed E-state index contributed by atoms with van der Waals surface area (Å²) in [6.45, 7) is 1.48. The van der Waals surface area contributed by atoms with Gasteiger partial charge in [-0.15, -0.1) is 0 Å². The number of hydrogen-bond donors (Lipinski definition) is 2. The summed E-state index contributed by atoms with van der Waals surface area (Å²) in [6, 6.07) is 7.16. The van der Waals surface area contributed by atoms with E-state index in [0.717, 1.165) is 22.2 Å². The maximum atomic E-state index is 13.1. The van der Waals surface area contributed by atoms with Gasteiger partial charge >= 0.3 is 5.97 Å². The van der Waals surface area contributed by atoms with Crippen LogP contribution in [-0.4, -0.2) is 76.3 Å². The van der Waals surface area contributed by atoms with E-state index >= 15 is 0 Å². The fourth-order valence-corrected chi connectivity index (χ4v) is 4.35. The van der Waals surface area contributed by atoms with Crippen LogP contribution < -0.4 is 5.32 Å². The first-order valence-electron chi connectivity index (χ1n) is 9.62. The maximum Gasteiger partial charge on any atom is 0.328 e. The van der Waals surface area contributed by atoms with Crippen molar-refractivity contribution in [1.29, 1.82) is 0 Å². The Hall–Kier alpha value is -2.43. The minimum absolute atomic E-state index is 0.0764. The number of amides is 2. The Morgan fingerprint density at radius 2 is 2.00 bits per heavy atom. The fraction of sp³-hybridized carbons (Fsp3) is 0.500. The van der Waals surface area contributed by atoms with Gasteiger partial charge in [0.25, 0.3) is 0 Å². The summed E-state index contributed by atoms with van der Waals surface area (Å²) in [4.78, 5) is 50.4. The molecule has 162 valence electrons. The van der Waals surface area contributed by atoms with Crippen molar-refractivity contribution in [1.82, 2.24) is 10.2 Å². The highest BCUT2D eigenvalue weighted by Gasteiger charge is 2.44. The molecule has 2 amide bonds. The first-order valence-corrected chi connectivity index (χ1v) is 10.5. The van der Waals surface area contributed by atoms with Gasteiger partial charge in [-0.3, -0.25) is 19.3 Å². The van der Waals surface area contributed by atoms with Gasteiger partial charge in [0, 0.05) is 13.3 Å². The monoisotopic (exact) mass is 436 g/mol. The topological polar surface area (TPSA) is 122 Å². The van der Waals surface area contributed by atoms with Crippen LogP contribution in [-0.2, 0) is 35.1 Å². The molecule has 2 heterocycles. The highest BCUT2D eigenvalue weighted by atomic mass is 32.2. The summed E-state index contributed by atoms with van der Waals surface area (Å²) in [5.41, 5.74) is 0.890. The largest absolute Gasteiger partial charge is 0.480 e. The highest BCUT2D eigenvalue weighted by molar-refractivity contribution is 8.14. The van der Waals surface area contributed by atoms with Crippen molar-refractivity contribution in [3.05, 3.63) is 35.9 Å². The highest BCUT2D eigenvalue weighted by Crippen LogP contribution is 2.22. The SMILES string of the molecule is CC(=O)SC(Cc1ccccc1)C(=O)NC1CCOC2COCC(C(=O)O)N2C1=O. The van der Waals surface area contributed by atoms with Crippen molar-refractivity contribution in [3.63, 3.8) is 0 Å². The number of morpholine rings is 1. The molecule has 3 rings (SSSR count). The smallest absolute Gasteiger partial charge is 0.328 e. The van der Waals surface area contributed by atoms with Crippen LogP contribution in [0.5, 0.6) is 0 Å². The fourth-order valence-electron chi connectivity index (χ4n) is 3.50. The number of aliphatic carboxylic acids is 1. The zero-order valence-corrected chi connectivity index (χ0v) is 17.3. The third-order valence-electron chi connectivity index (χ3n) is 4.92. The number of carbonyl (C=O) groups is 4. The van der Waals surface area contributed by atoms with Crippen LogP contribution in [0.4, 0.5) is 0 Å². The van der Waals surface area contributed by atoms with Gasteiger partial charge < -0.3 is 19.9 Å². The van der Waals surface area contributed by atoms with E-state index in [1.807, 2.05) is 30.3 Å². The van der Waals surface area contributed by atoms with Crippen molar-refractivity contribution in [2.45, 2.75) is 43.3 Å². The van der Waals surface area contributed by atoms with E-state index < -0.39 is 41.3 Å². The van der Waals surface area contributed by atoms with E-state index in [-0.39, 0.29) is 31.4 Å². The molecule has 0 aromatic heterocycles. The van der Waals surface area contributed by atoms with Crippen molar-refractivity contribution >= 4 is 34.7 Å². The number of benzene rings is 1. The average molecular weight is 436 g/mol. The molecule has 2 fully saturated rings. The molecule has 10 heteroatoms. The lowest BCUT2D eigenvalue weighted by Crippen LogP contribution is -2.61. The van der Waals surface area contributed by atoms with Gasteiger partial charge in [-0.1, -0.05) is 42.1 Å². The number of ether oxygens (including phenoxy) is 2. The Morgan fingerprint density at radius 1 is 1.27 bits per heavy atom. The van der Waals surface area contributed by atoms with Crippen LogP contribution in [0.25, 0.3) is 0 Å². The molecule has 4 unspecified atom stereocenters. The summed E-state index contributed by atoms with van der Waals surface area (Å²) in [5.74, 6) is -2.17. The molecular weight excluding hydrogens is 412 g/mol. The van der Waals surface area contributed by atoms with Crippen LogP contribution in [0.2, 0.25) is 0 Å². The molecule has 2 N–H and O–H groups in total. The number of nitrogens with zero attached hydrogens (tertiary/aromatic N) is 1. The van der Waals surface area contributed by atoms with Crippen molar-refractivity contribution in [3.8, 4) is 0 Å². The molecule has 4 atom stereocenters. The Balaban J connectivity index is 1.74. The third kappa shape index (κ3) is 5.38. The summed E-state index contributed by atoms with van der Waals surface area (Å²) in [5, 5.41) is 11.2. The first kappa shape index (κ1) is 22.3. The number of carboxylic acids is 1. The number of hydrogen-bond acceptors (Lipinski definition) is 7. The van der Waals surface area contributed by atoms with E-state index in [2.05, 4.69) is 5.32 Å². The van der Waals surface area contributed by atoms with E-state index in [9.17, 15) is 24.3 Å². The van der Waals surface area contributed by atoms with Gasteiger partial charge in [0.2, 0.25) is 11.8 Å². The van der Waals surface area contributed by atoms with Gasteiger partial charge in [0.05, 0.1) is 25.1 Å². The second kappa shape index (κ2) is 10.1. The number of thioether (sulfide) groups is 1. The van der Waals surface area contributed by atoms with E-state index in [0.29, 0.717) is 6.42 Å². The summed E-state index contributed by atoms with van der Waals surface area (Å²) >= 11 is 0.905. The number of rotatable bonds is 6. The van der Waals surface area contributed by atoms with Crippen LogP contribution >= 0.6 is 11.8 Å². The Labute approximate surface area is 178 Å². The quantitative estimate of drug-likeness (QED) is 0.658. The van der Waals surface area contributed by atoms with Crippen molar-refractivity contribution < 1.29 is 33.8 Å². The molecule has 0 spiro atoms. The minimum atomic E-state index is -1.20. The second-order valence-electron chi connectivity index (χ2n) is 7.10. The molecule has 2 aliphatic rings. The van der Waals surface area contributed by atoms with Gasteiger partial charge in [-0.2, -0.15) is 0 Å². The number of nitrogens with one attached hydrogen (secondary N) is 1. The number of carboxylic acid groups (broad SMARTS) is 1. The summed E-state index contributed by atoms with van der Waals surface area (Å²) in [6.07, 6.45) is -0.278.